The molecule has 0 bridgehead atoms. The van der Waals surface area contributed by atoms with E-state index in [1.165, 1.54) is 7.11 Å². The van der Waals surface area contributed by atoms with Gasteiger partial charge in [0, 0.05) is 7.11 Å². The van der Waals surface area contributed by atoms with Gasteiger partial charge in [-0.2, -0.15) is 0 Å². The van der Waals surface area contributed by atoms with Crippen molar-refractivity contribution in [2.24, 2.45) is 0 Å². The topological polar surface area (TPSA) is 109 Å². The van der Waals surface area contributed by atoms with Crippen LogP contribution in [0.1, 0.15) is 5.56 Å². The summed E-state index contributed by atoms with van der Waals surface area (Å²) in [6.45, 7) is -0.122. The van der Waals surface area contributed by atoms with Crippen LogP contribution >= 0.6 is 0 Å². The molecule has 1 heterocycles. The van der Waals surface area contributed by atoms with Crippen LogP contribution in [0.15, 0.2) is 24.3 Å². The van der Waals surface area contributed by atoms with Crippen molar-refractivity contribution in [3.05, 3.63) is 29.8 Å². The molecule has 1 fully saturated rings. The van der Waals surface area contributed by atoms with E-state index in [0.29, 0.717) is 13.0 Å². The first-order valence-electron chi connectivity index (χ1n) is 7.11. The van der Waals surface area contributed by atoms with Crippen molar-refractivity contribution in [3.8, 4) is 5.75 Å². The van der Waals surface area contributed by atoms with Gasteiger partial charge in [-0.05, 0) is 24.1 Å². The summed E-state index contributed by atoms with van der Waals surface area (Å²) in [7, 11) is 1.39. The SMILES string of the molecule is CO[C@H]1[C@H](OCCc2ccc(O)cc2)O[C@H](CO)[C@@H](O)[C@@H]1O. The summed E-state index contributed by atoms with van der Waals surface area (Å²) < 4.78 is 16.1. The summed E-state index contributed by atoms with van der Waals surface area (Å²) in [4.78, 5) is 0. The van der Waals surface area contributed by atoms with E-state index in [9.17, 15) is 15.3 Å². The Kier molecular flexibility index (Phi) is 6.13. The standard InChI is InChI=1S/C15H22O7/c1-20-14-13(19)12(18)11(8-16)22-15(14)21-7-6-9-2-4-10(17)5-3-9/h2-5,11-19H,6-8H2,1H3/t11-,12-,13+,14-,15-/m1/s1. The molecule has 5 atom stereocenters. The van der Waals surface area contributed by atoms with Crippen molar-refractivity contribution >= 4 is 0 Å². The third-order valence-electron chi connectivity index (χ3n) is 3.71. The van der Waals surface area contributed by atoms with Gasteiger partial charge in [0.05, 0.1) is 13.2 Å². The highest BCUT2D eigenvalue weighted by molar-refractivity contribution is 5.25. The molecule has 2 rings (SSSR count). The minimum Gasteiger partial charge on any atom is -0.508 e. The van der Waals surface area contributed by atoms with Crippen molar-refractivity contribution in [1.29, 1.82) is 0 Å². The van der Waals surface area contributed by atoms with Gasteiger partial charge in [0.2, 0.25) is 0 Å². The average Bonchev–Trinajstić information content (AvgIpc) is 2.52. The van der Waals surface area contributed by atoms with Gasteiger partial charge < -0.3 is 34.6 Å². The Morgan fingerprint density at radius 2 is 1.82 bits per heavy atom. The van der Waals surface area contributed by atoms with E-state index in [0.717, 1.165) is 5.56 Å². The summed E-state index contributed by atoms with van der Waals surface area (Å²) in [5.41, 5.74) is 0.974. The monoisotopic (exact) mass is 314 g/mol. The first kappa shape index (κ1) is 17.1. The third-order valence-corrected chi connectivity index (χ3v) is 3.71. The lowest BCUT2D eigenvalue weighted by Crippen LogP contribution is -2.59. The van der Waals surface area contributed by atoms with Crippen molar-refractivity contribution < 1.29 is 34.6 Å². The maximum Gasteiger partial charge on any atom is 0.186 e. The molecule has 7 nitrogen and oxygen atoms in total. The molecule has 1 saturated heterocycles. The van der Waals surface area contributed by atoms with E-state index in [4.69, 9.17) is 19.3 Å². The van der Waals surface area contributed by atoms with E-state index >= 15 is 0 Å². The molecular weight excluding hydrogens is 292 g/mol. The van der Waals surface area contributed by atoms with Crippen LogP contribution in [0.25, 0.3) is 0 Å². The van der Waals surface area contributed by atoms with E-state index < -0.39 is 37.3 Å². The van der Waals surface area contributed by atoms with E-state index in [1.807, 2.05) is 0 Å². The Labute approximate surface area is 128 Å². The number of aliphatic hydroxyl groups excluding tert-OH is 3. The molecule has 22 heavy (non-hydrogen) atoms. The number of phenolic OH excluding ortho intramolecular Hbond substituents is 1. The Bertz CT molecular complexity index is 450. The summed E-state index contributed by atoms with van der Waals surface area (Å²) in [5, 5.41) is 38.2. The summed E-state index contributed by atoms with van der Waals surface area (Å²) >= 11 is 0. The van der Waals surface area contributed by atoms with Crippen LogP contribution in [-0.2, 0) is 20.6 Å². The van der Waals surface area contributed by atoms with Crippen molar-refractivity contribution in [3.63, 3.8) is 0 Å². The molecule has 1 aromatic carbocycles. The molecule has 0 saturated carbocycles. The number of hydrogen-bond donors (Lipinski definition) is 4. The summed E-state index contributed by atoms with van der Waals surface area (Å²) in [5.74, 6) is 0.197. The second kappa shape index (κ2) is 7.87. The maximum atomic E-state index is 9.98. The zero-order valence-corrected chi connectivity index (χ0v) is 12.3. The van der Waals surface area contributed by atoms with Crippen molar-refractivity contribution in [1.82, 2.24) is 0 Å². The van der Waals surface area contributed by atoms with Crippen LogP contribution in [0.3, 0.4) is 0 Å². The highest BCUT2D eigenvalue weighted by atomic mass is 16.7. The van der Waals surface area contributed by atoms with Crippen LogP contribution < -0.4 is 0 Å². The molecule has 1 aliphatic rings. The largest absolute Gasteiger partial charge is 0.508 e. The second-order valence-electron chi connectivity index (χ2n) is 5.19. The Morgan fingerprint density at radius 1 is 1.14 bits per heavy atom. The Hall–Kier alpha value is -1.22. The van der Waals surface area contributed by atoms with Crippen LogP contribution in [0.4, 0.5) is 0 Å². The molecule has 1 aromatic rings. The molecule has 0 aliphatic carbocycles. The number of benzene rings is 1. The van der Waals surface area contributed by atoms with Gasteiger partial charge in [-0.15, -0.1) is 0 Å². The fourth-order valence-electron chi connectivity index (χ4n) is 2.40. The number of ether oxygens (including phenoxy) is 3. The number of rotatable bonds is 6. The lowest BCUT2D eigenvalue weighted by atomic mass is 9.99. The molecule has 0 aromatic heterocycles. The zero-order valence-electron chi connectivity index (χ0n) is 12.3. The van der Waals surface area contributed by atoms with Crippen LogP contribution in [-0.4, -0.2) is 71.5 Å². The van der Waals surface area contributed by atoms with Crippen molar-refractivity contribution in [2.45, 2.75) is 37.1 Å². The molecule has 4 N–H and O–H groups in total. The normalized spacial score (nSPS) is 32.1. The zero-order chi connectivity index (χ0) is 16.1. The second-order valence-corrected chi connectivity index (χ2v) is 5.19. The van der Waals surface area contributed by atoms with Crippen molar-refractivity contribution in [2.75, 3.05) is 20.3 Å². The molecule has 1 aliphatic heterocycles. The van der Waals surface area contributed by atoms with Crippen LogP contribution in [0, 0.1) is 0 Å². The van der Waals surface area contributed by atoms with Gasteiger partial charge in [0.25, 0.3) is 0 Å². The van der Waals surface area contributed by atoms with Gasteiger partial charge >= 0.3 is 0 Å². The maximum absolute atomic E-state index is 9.98. The van der Waals surface area contributed by atoms with E-state index in [2.05, 4.69) is 0 Å². The quantitative estimate of drug-likeness (QED) is 0.555. The first-order chi connectivity index (χ1) is 10.6. The number of phenols is 1. The molecule has 0 unspecified atom stereocenters. The number of aliphatic hydroxyl groups is 3. The van der Waals surface area contributed by atoms with Gasteiger partial charge in [-0.1, -0.05) is 12.1 Å². The Balaban J connectivity index is 1.90. The molecule has 0 radical (unpaired) electrons. The fraction of sp³-hybridized carbons (Fsp3) is 0.600. The molecule has 7 heteroatoms. The lowest BCUT2D eigenvalue weighted by Gasteiger charge is -2.41. The van der Waals surface area contributed by atoms with Gasteiger partial charge in [-0.25, -0.2) is 0 Å². The molecule has 0 amide bonds. The highest BCUT2D eigenvalue weighted by Crippen LogP contribution is 2.24. The third kappa shape index (κ3) is 3.95. The summed E-state index contributed by atoms with van der Waals surface area (Å²) in [6, 6.07) is 6.74. The highest BCUT2D eigenvalue weighted by Gasteiger charge is 2.45. The number of hydrogen-bond acceptors (Lipinski definition) is 7. The molecule has 0 spiro atoms. The van der Waals surface area contributed by atoms with Crippen LogP contribution in [0.2, 0.25) is 0 Å². The van der Waals surface area contributed by atoms with Gasteiger partial charge in [0.1, 0.15) is 30.2 Å². The smallest absolute Gasteiger partial charge is 0.186 e. The van der Waals surface area contributed by atoms with E-state index in [-0.39, 0.29) is 5.75 Å². The molecular formula is C15H22O7. The van der Waals surface area contributed by atoms with Gasteiger partial charge in [0.15, 0.2) is 6.29 Å². The first-order valence-corrected chi connectivity index (χ1v) is 7.11. The summed E-state index contributed by atoms with van der Waals surface area (Å²) in [6.07, 6.45) is -4.48. The minimum absolute atomic E-state index is 0.197. The minimum atomic E-state index is -1.23. The predicted octanol–water partition coefficient (Wildman–Crippen LogP) is -0.595. The number of aromatic hydroxyl groups is 1. The van der Waals surface area contributed by atoms with E-state index in [1.54, 1.807) is 24.3 Å². The number of methoxy groups -OCH3 is 1. The van der Waals surface area contributed by atoms with Gasteiger partial charge in [-0.3, -0.25) is 0 Å². The van der Waals surface area contributed by atoms with Crippen LogP contribution in [0.5, 0.6) is 5.75 Å². The Morgan fingerprint density at radius 3 is 2.41 bits per heavy atom. The predicted molar refractivity (Wildman–Crippen MR) is 76.3 cm³/mol. The average molecular weight is 314 g/mol. The molecule has 124 valence electrons. The lowest BCUT2D eigenvalue weighted by molar-refractivity contribution is -0.305. The fourth-order valence-corrected chi connectivity index (χ4v) is 2.40.